The van der Waals surface area contributed by atoms with Gasteiger partial charge in [-0.3, -0.25) is 9.59 Å². The lowest BCUT2D eigenvalue weighted by Gasteiger charge is -2.10. The van der Waals surface area contributed by atoms with E-state index in [0.717, 1.165) is 5.56 Å². The molecule has 0 radical (unpaired) electrons. The Morgan fingerprint density at radius 2 is 1.89 bits per heavy atom. The van der Waals surface area contributed by atoms with E-state index >= 15 is 0 Å². The van der Waals surface area contributed by atoms with Gasteiger partial charge in [0.2, 0.25) is 4.96 Å². The molecule has 0 atom stereocenters. The number of anilines is 1. The van der Waals surface area contributed by atoms with Crippen molar-refractivity contribution in [3.05, 3.63) is 115 Å². The first-order valence-electron chi connectivity index (χ1n) is 10.9. The molecule has 0 bridgehead atoms. The number of fused-ring (bicyclic) bond motifs is 1. The molecule has 2 aromatic heterocycles. The third-order valence-corrected chi connectivity index (χ3v) is 6.37. The standard InChI is InChI=1S/C26H18ClFN4O3S/c27-18-6-11-21(35-15-24(33)29-20-9-7-19(28)8-10-20)17(13-18)14-22-25(34)32-26(36-22)30-23(31-32)12-16-4-2-1-3-5-16/h1-11,13-14H,12,15H2,(H,29,33)/b22-14-. The van der Waals surface area contributed by atoms with Crippen LogP contribution in [0.4, 0.5) is 10.1 Å². The zero-order valence-corrected chi connectivity index (χ0v) is 20.2. The van der Waals surface area contributed by atoms with Gasteiger partial charge in [0.1, 0.15) is 11.6 Å². The van der Waals surface area contributed by atoms with Gasteiger partial charge in [-0.1, -0.05) is 53.3 Å². The van der Waals surface area contributed by atoms with E-state index in [0.29, 0.717) is 43.8 Å². The molecule has 0 aliphatic carbocycles. The van der Waals surface area contributed by atoms with E-state index in [1.807, 2.05) is 30.3 Å². The average Bonchev–Trinajstić information content (AvgIpc) is 3.38. The molecule has 1 N–H and O–H groups in total. The number of hydrogen-bond donors (Lipinski definition) is 1. The summed E-state index contributed by atoms with van der Waals surface area (Å²) in [5, 5.41) is 7.44. The Morgan fingerprint density at radius 1 is 1.11 bits per heavy atom. The molecule has 0 saturated heterocycles. The summed E-state index contributed by atoms with van der Waals surface area (Å²) >= 11 is 7.38. The lowest BCUT2D eigenvalue weighted by molar-refractivity contribution is -0.118. The Kier molecular flexibility index (Phi) is 6.75. The third kappa shape index (κ3) is 5.42. The van der Waals surface area contributed by atoms with Crippen LogP contribution in [0, 0.1) is 5.82 Å². The van der Waals surface area contributed by atoms with Crippen LogP contribution in [-0.2, 0) is 11.2 Å². The molecule has 2 heterocycles. The first-order chi connectivity index (χ1) is 17.4. The maximum absolute atomic E-state index is 13.1. The second-order valence-corrected chi connectivity index (χ2v) is 9.27. The number of benzene rings is 3. The zero-order valence-electron chi connectivity index (χ0n) is 18.7. The molecule has 0 spiro atoms. The van der Waals surface area contributed by atoms with Crippen molar-refractivity contribution in [2.24, 2.45) is 0 Å². The van der Waals surface area contributed by atoms with Crippen molar-refractivity contribution in [2.75, 3.05) is 11.9 Å². The highest BCUT2D eigenvalue weighted by Crippen LogP contribution is 2.24. The molecule has 36 heavy (non-hydrogen) atoms. The van der Waals surface area contributed by atoms with Gasteiger partial charge in [0.05, 0.1) is 4.53 Å². The lowest BCUT2D eigenvalue weighted by atomic mass is 10.1. The van der Waals surface area contributed by atoms with E-state index in [1.54, 1.807) is 24.3 Å². The van der Waals surface area contributed by atoms with E-state index < -0.39 is 11.7 Å². The monoisotopic (exact) mass is 520 g/mol. The van der Waals surface area contributed by atoms with Crippen LogP contribution >= 0.6 is 22.9 Å². The highest BCUT2D eigenvalue weighted by molar-refractivity contribution is 7.15. The Hall–Kier alpha value is -4.08. The summed E-state index contributed by atoms with van der Waals surface area (Å²) < 4.78 is 20.4. The Morgan fingerprint density at radius 3 is 2.64 bits per heavy atom. The summed E-state index contributed by atoms with van der Waals surface area (Å²) in [6.45, 7) is -0.289. The molecule has 5 aromatic rings. The first kappa shape index (κ1) is 23.7. The summed E-state index contributed by atoms with van der Waals surface area (Å²) in [5.41, 5.74) is 1.73. The molecule has 180 valence electrons. The summed E-state index contributed by atoms with van der Waals surface area (Å²) in [7, 11) is 0. The molecule has 5 rings (SSSR count). The highest BCUT2D eigenvalue weighted by atomic mass is 35.5. The molecule has 10 heteroatoms. The third-order valence-electron chi connectivity index (χ3n) is 5.18. The molecule has 0 fully saturated rings. The summed E-state index contributed by atoms with van der Waals surface area (Å²) in [6, 6.07) is 20.1. The van der Waals surface area contributed by atoms with Gasteiger partial charge in [0.15, 0.2) is 12.4 Å². The summed E-state index contributed by atoms with van der Waals surface area (Å²) in [5.74, 6) is 0.121. The maximum Gasteiger partial charge on any atom is 0.291 e. The van der Waals surface area contributed by atoms with Crippen molar-refractivity contribution in [3.63, 3.8) is 0 Å². The van der Waals surface area contributed by atoms with Gasteiger partial charge in [0, 0.05) is 22.7 Å². The van der Waals surface area contributed by atoms with Crippen LogP contribution in [0.3, 0.4) is 0 Å². The summed E-state index contributed by atoms with van der Waals surface area (Å²) in [6.07, 6.45) is 2.17. The van der Waals surface area contributed by atoms with Gasteiger partial charge < -0.3 is 10.1 Å². The molecule has 7 nitrogen and oxygen atoms in total. The number of hydrogen-bond acceptors (Lipinski definition) is 6. The average molecular weight is 521 g/mol. The molecular formula is C26H18ClFN4O3S. The van der Waals surface area contributed by atoms with Gasteiger partial charge in [0.25, 0.3) is 11.5 Å². The number of rotatable bonds is 7. The van der Waals surface area contributed by atoms with Crippen LogP contribution in [0.2, 0.25) is 5.02 Å². The van der Waals surface area contributed by atoms with Gasteiger partial charge in [-0.2, -0.15) is 4.52 Å². The number of ether oxygens (including phenoxy) is 1. The molecule has 0 saturated carbocycles. The topological polar surface area (TPSA) is 85.6 Å². The number of halogens is 2. The Bertz CT molecular complexity index is 1650. The molecule has 0 aliphatic rings. The van der Waals surface area contributed by atoms with Gasteiger partial charge in [-0.05, 0) is 54.1 Å². The van der Waals surface area contributed by atoms with Crippen molar-refractivity contribution in [2.45, 2.75) is 6.42 Å². The Labute approximate surface area is 213 Å². The number of nitrogens with one attached hydrogen (secondary N) is 1. The highest BCUT2D eigenvalue weighted by Gasteiger charge is 2.13. The van der Waals surface area contributed by atoms with Gasteiger partial charge in [-0.25, -0.2) is 9.37 Å². The van der Waals surface area contributed by atoms with Crippen molar-refractivity contribution in [1.82, 2.24) is 14.6 Å². The van der Waals surface area contributed by atoms with Crippen LogP contribution in [-0.4, -0.2) is 27.1 Å². The van der Waals surface area contributed by atoms with Gasteiger partial charge in [-0.15, -0.1) is 5.10 Å². The van der Waals surface area contributed by atoms with Crippen molar-refractivity contribution in [1.29, 1.82) is 0 Å². The van der Waals surface area contributed by atoms with Crippen molar-refractivity contribution < 1.29 is 13.9 Å². The SMILES string of the molecule is O=C(COc1ccc(Cl)cc1/C=c1\sc2nc(Cc3ccccc3)nn2c1=O)Nc1ccc(F)cc1. The van der Waals surface area contributed by atoms with E-state index in [9.17, 15) is 14.0 Å². The number of carbonyl (C=O) groups is 1. The second-order valence-electron chi connectivity index (χ2n) is 7.83. The fourth-order valence-electron chi connectivity index (χ4n) is 3.51. The van der Waals surface area contributed by atoms with E-state index in [-0.39, 0.29) is 12.2 Å². The predicted molar refractivity (Wildman–Crippen MR) is 137 cm³/mol. The zero-order chi connectivity index (χ0) is 25.1. The minimum atomic E-state index is -0.420. The predicted octanol–water partition coefficient (Wildman–Crippen LogP) is 4.10. The molecule has 3 aromatic carbocycles. The molecule has 0 aliphatic heterocycles. The van der Waals surface area contributed by atoms with E-state index in [4.69, 9.17) is 16.3 Å². The van der Waals surface area contributed by atoms with E-state index in [2.05, 4.69) is 15.4 Å². The molecule has 0 unspecified atom stereocenters. The Balaban J connectivity index is 1.36. The number of carbonyl (C=O) groups excluding carboxylic acids is 1. The fourth-order valence-corrected chi connectivity index (χ4v) is 4.60. The number of nitrogens with zero attached hydrogens (tertiary/aromatic N) is 3. The number of aromatic nitrogens is 3. The number of thiazole rings is 1. The number of amides is 1. The first-order valence-corrected chi connectivity index (χ1v) is 12.1. The second kappa shape index (κ2) is 10.3. The molecule has 1 amide bonds. The minimum absolute atomic E-state index is 0.289. The molecular weight excluding hydrogens is 503 g/mol. The maximum atomic E-state index is 13.1. The van der Waals surface area contributed by atoms with Crippen LogP contribution in [0.15, 0.2) is 77.6 Å². The lowest BCUT2D eigenvalue weighted by Crippen LogP contribution is -2.24. The summed E-state index contributed by atoms with van der Waals surface area (Å²) in [4.78, 5) is 30.2. The smallest absolute Gasteiger partial charge is 0.291 e. The largest absolute Gasteiger partial charge is 0.483 e. The van der Waals surface area contributed by atoms with Crippen LogP contribution < -0.4 is 20.1 Å². The van der Waals surface area contributed by atoms with Crippen molar-refractivity contribution in [3.8, 4) is 5.75 Å². The van der Waals surface area contributed by atoms with Crippen molar-refractivity contribution >= 4 is 45.6 Å². The van der Waals surface area contributed by atoms with E-state index in [1.165, 1.54) is 40.1 Å². The van der Waals surface area contributed by atoms with Crippen LogP contribution in [0.5, 0.6) is 5.75 Å². The normalized spacial score (nSPS) is 11.7. The fraction of sp³-hybridized carbons (Fsp3) is 0.0769. The van der Waals surface area contributed by atoms with Gasteiger partial charge >= 0.3 is 0 Å². The van der Waals surface area contributed by atoms with Crippen LogP contribution in [0.25, 0.3) is 11.0 Å². The van der Waals surface area contributed by atoms with Crippen LogP contribution in [0.1, 0.15) is 17.0 Å². The minimum Gasteiger partial charge on any atom is -0.483 e. The quantitative estimate of drug-likeness (QED) is 0.349.